The van der Waals surface area contributed by atoms with Crippen molar-refractivity contribution in [2.45, 2.75) is 26.2 Å². The summed E-state index contributed by atoms with van der Waals surface area (Å²) < 4.78 is 0. The van der Waals surface area contributed by atoms with Crippen molar-refractivity contribution in [2.24, 2.45) is 11.3 Å². The highest BCUT2D eigenvalue weighted by atomic mass is 16.3. The van der Waals surface area contributed by atoms with Gasteiger partial charge in [-0.1, -0.05) is 6.92 Å². The number of hydrogen-bond acceptors (Lipinski definition) is 2. The van der Waals surface area contributed by atoms with Gasteiger partial charge in [-0.05, 0) is 31.7 Å². The van der Waals surface area contributed by atoms with Crippen LogP contribution >= 0.6 is 0 Å². The van der Waals surface area contributed by atoms with E-state index in [1.54, 1.807) is 0 Å². The lowest BCUT2D eigenvalue weighted by Gasteiger charge is -2.21. The molecule has 0 aromatic heterocycles. The fraction of sp³-hybridized carbons (Fsp3) is 1.00. The Labute approximate surface area is 74.6 Å². The lowest BCUT2D eigenvalue weighted by Crippen LogP contribution is -2.30. The second kappa shape index (κ2) is 3.00. The Morgan fingerprint density at radius 1 is 1.50 bits per heavy atom. The lowest BCUT2D eigenvalue weighted by atomic mass is 10.1. The third-order valence-electron chi connectivity index (χ3n) is 3.36. The summed E-state index contributed by atoms with van der Waals surface area (Å²) in [5.74, 6) is 0.875. The molecule has 1 atom stereocenters. The molecule has 0 unspecified atom stereocenters. The van der Waals surface area contributed by atoms with E-state index in [9.17, 15) is 0 Å². The van der Waals surface area contributed by atoms with Crippen LogP contribution in [0, 0.1) is 11.3 Å². The summed E-state index contributed by atoms with van der Waals surface area (Å²) in [6, 6.07) is 0. The SMILES string of the molecule is C[C@@H]1CCN(CC2(CO)CC2)C1. The van der Waals surface area contributed by atoms with Gasteiger partial charge in [0, 0.05) is 25.1 Å². The van der Waals surface area contributed by atoms with Gasteiger partial charge in [-0.3, -0.25) is 0 Å². The second-order valence-electron chi connectivity index (χ2n) is 4.79. The van der Waals surface area contributed by atoms with Gasteiger partial charge in [-0.15, -0.1) is 0 Å². The number of likely N-dealkylation sites (tertiary alicyclic amines) is 1. The zero-order chi connectivity index (χ0) is 8.60. The first-order valence-corrected chi connectivity index (χ1v) is 5.07. The van der Waals surface area contributed by atoms with Crippen LogP contribution in [-0.2, 0) is 0 Å². The second-order valence-corrected chi connectivity index (χ2v) is 4.79. The van der Waals surface area contributed by atoms with E-state index in [1.165, 1.54) is 32.4 Å². The summed E-state index contributed by atoms with van der Waals surface area (Å²) >= 11 is 0. The topological polar surface area (TPSA) is 23.5 Å². The highest BCUT2D eigenvalue weighted by Crippen LogP contribution is 2.46. The van der Waals surface area contributed by atoms with E-state index in [4.69, 9.17) is 5.11 Å². The lowest BCUT2D eigenvalue weighted by molar-refractivity contribution is 0.162. The van der Waals surface area contributed by atoms with E-state index in [0.717, 1.165) is 12.5 Å². The minimum absolute atomic E-state index is 0.323. The maximum atomic E-state index is 9.16. The van der Waals surface area contributed by atoms with Crippen LogP contribution in [0.5, 0.6) is 0 Å². The maximum absolute atomic E-state index is 9.16. The molecule has 1 aliphatic carbocycles. The molecule has 0 bridgehead atoms. The molecule has 70 valence electrons. The fourth-order valence-corrected chi connectivity index (χ4v) is 2.19. The van der Waals surface area contributed by atoms with Gasteiger partial charge in [0.2, 0.25) is 0 Å². The molecule has 2 nitrogen and oxygen atoms in total. The molecule has 0 spiro atoms. The molecule has 1 aliphatic heterocycles. The number of rotatable bonds is 3. The third kappa shape index (κ3) is 1.64. The zero-order valence-electron chi connectivity index (χ0n) is 7.92. The molecule has 12 heavy (non-hydrogen) atoms. The van der Waals surface area contributed by atoms with Gasteiger partial charge >= 0.3 is 0 Å². The largest absolute Gasteiger partial charge is 0.396 e. The van der Waals surface area contributed by atoms with Crippen molar-refractivity contribution < 1.29 is 5.11 Å². The van der Waals surface area contributed by atoms with E-state index < -0.39 is 0 Å². The van der Waals surface area contributed by atoms with Gasteiger partial charge in [0.25, 0.3) is 0 Å². The summed E-state index contributed by atoms with van der Waals surface area (Å²) in [7, 11) is 0. The van der Waals surface area contributed by atoms with Crippen molar-refractivity contribution in [3.05, 3.63) is 0 Å². The summed E-state index contributed by atoms with van der Waals surface area (Å²) in [6.07, 6.45) is 3.84. The first-order valence-electron chi connectivity index (χ1n) is 5.07. The molecule has 0 amide bonds. The molecule has 1 heterocycles. The molecule has 2 fully saturated rings. The highest BCUT2D eigenvalue weighted by Gasteiger charge is 2.43. The van der Waals surface area contributed by atoms with Crippen molar-refractivity contribution >= 4 is 0 Å². The Bertz CT molecular complexity index is 165. The molecule has 2 aliphatic rings. The maximum Gasteiger partial charge on any atom is 0.0499 e. The third-order valence-corrected chi connectivity index (χ3v) is 3.36. The predicted molar refractivity (Wildman–Crippen MR) is 49.0 cm³/mol. The number of aliphatic hydroxyl groups is 1. The van der Waals surface area contributed by atoms with Crippen molar-refractivity contribution in [3.8, 4) is 0 Å². The van der Waals surface area contributed by atoms with Crippen LogP contribution < -0.4 is 0 Å². The van der Waals surface area contributed by atoms with Crippen molar-refractivity contribution in [2.75, 3.05) is 26.2 Å². The Kier molecular flexibility index (Phi) is 2.13. The number of aliphatic hydroxyl groups excluding tert-OH is 1. The van der Waals surface area contributed by atoms with Gasteiger partial charge in [0.05, 0.1) is 0 Å². The van der Waals surface area contributed by atoms with Crippen LogP contribution in [0.1, 0.15) is 26.2 Å². The summed E-state index contributed by atoms with van der Waals surface area (Å²) in [4.78, 5) is 2.52. The molecule has 1 saturated carbocycles. The summed E-state index contributed by atoms with van der Waals surface area (Å²) in [5, 5.41) is 9.16. The Morgan fingerprint density at radius 2 is 2.25 bits per heavy atom. The van der Waals surface area contributed by atoms with Crippen molar-refractivity contribution in [1.29, 1.82) is 0 Å². The fourth-order valence-electron chi connectivity index (χ4n) is 2.19. The van der Waals surface area contributed by atoms with Crippen LogP contribution in [0.2, 0.25) is 0 Å². The van der Waals surface area contributed by atoms with E-state index in [0.29, 0.717) is 12.0 Å². The minimum Gasteiger partial charge on any atom is -0.396 e. The van der Waals surface area contributed by atoms with Crippen molar-refractivity contribution in [3.63, 3.8) is 0 Å². The van der Waals surface area contributed by atoms with Crippen LogP contribution in [0.3, 0.4) is 0 Å². The average Bonchev–Trinajstić information content (AvgIpc) is 2.71. The average molecular weight is 169 g/mol. The van der Waals surface area contributed by atoms with Gasteiger partial charge in [-0.2, -0.15) is 0 Å². The van der Waals surface area contributed by atoms with Crippen LogP contribution in [-0.4, -0.2) is 36.2 Å². The molecular weight excluding hydrogens is 150 g/mol. The molecule has 2 rings (SSSR count). The van der Waals surface area contributed by atoms with Gasteiger partial charge in [-0.25, -0.2) is 0 Å². The normalized spacial score (nSPS) is 34.0. The molecule has 0 aromatic carbocycles. The predicted octanol–water partition coefficient (Wildman–Crippen LogP) is 1.10. The first-order chi connectivity index (χ1) is 5.74. The van der Waals surface area contributed by atoms with Gasteiger partial charge in [0.1, 0.15) is 0 Å². The molecule has 0 radical (unpaired) electrons. The van der Waals surface area contributed by atoms with E-state index in [1.807, 2.05) is 0 Å². The van der Waals surface area contributed by atoms with Crippen LogP contribution in [0.4, 0.5) is 0 Å². The highest BCUT2D eigenvalue weighted by molar-refractivity contribution is 4.95. The quantitative estimate of drug-likeness (QED) is 0.684. The Morgan fingerprint density at radius 3 is 2.67 bits per heavy atom. The van der Waals surface area contributed by atoms with Crippen LogP contribution in [0.25, 0.3) is 0 Å². The summed E-state index contributed by atoms with van der Waals surface area (Å²) in [5.41, 5.74) is 0.323. The number of hydrogen-bond donors (Lipinski definition) is 1. The monoisotopic (exact) mass is 169 g/mol. The minimum atomic E-state index is 0.323. The molecule has 0 aromatic rings. The Hall–Kier alpha value is -0.0800. The standard InChI is InChI=1S/C10H19NO/c1-9-2-5-11(6-9)7-10(8-12)3-4-10/h9,12H,2-8H2,1H3/t9-/m1/s1. The van der Waals surface area contributed by atoms with Gasteiger partial charge in [0.15, 0.2) is 0 Å². The molecule has 1 N–H and O–H groups in total. The zero-order valence-corrected chi connectivity index (χ0v) is 7.92. The Balaban J connectivity index is 1.80. The van der Waals surface area contributed by atoms with E-state index in [-0.39, 0.29) is 0 Å². The molecule has 1 saturated heterocycles. The van der Waals surface area contributed by atoms with Crippen molar-refractivity contribution in [1.82, 2.24) is 4.90 Å². The van der Waals surface area contributed by atoms with E-state index >= 15 is 0 Å². The van der Waals surface area contributed by atoms with Crippen LogP contribution in [0.15, 0.2) is 0 Å². The molecular formula is C10H19NO. The van der Waals surface area contributed by atoms with Gasteiger partial charge < -0.3 is 10.0 Å². The number of nitrogens with zero attached hydrogens (tertiary/aromatic N) is 1. The molecule has 2 heteroatoms. The first kappa shape index (κ1) is 8.52. The summed E-state index contributed by atoms with van der Waals surface area (Å²) in [6.45, 7) is 6.37. The van der Waals surface area contributed by atoms with E-state index in [2.05, 4.69) is 11.8 Å². The smallest absolute Gasteiger partial charge is 0.0499 e.